The van der Waals surface area contributed by atoms with E-state index >= 15 is 0 Å². The van der Waals surface area contributed by atoms with Gasteiger partial charge in [0.1, 0.15) is 5.15 Å². The first-order chi connectivity index (χ1) is 9.06. The van der Waals surface area contributed by atoms with E-state index in [2.05, 4.69) is 4.98 Å². The van der Waals surface area contributed by atoms with Gasteiger partial charge < -0.3 is 4.90 Å². The molecule has 0 aliphatic heterocycles. The van der Waals surface area contributed by atoms with Crippen LogP contribution in [0.2, 0.25) is 5.15 Å². The predicted octanol–water partition coefficient (Wildman–Crippen LogP) is 3.70. The van der Waals surface area contributed by atoms with Crippen molar-refractivity contribution in [2.75, 3.05) is 13.6 Å². The lowest BCUT2D eigenvalue weighted by molar-refractivity contribution is 0.0760. The second kappa shape index (κ2) is 6.38. The van der Waals surface area contributed by atoms with Gasteiger partial charge in [0.2, 0.25) is 0 Å². The molecule has 3 nitrogen and oxygen atoms in total. The average Bonchev–Trinajstić information content (AvgIpc) is 2.37. The molecular weight excluding hydrogens is 260 g/mol. The molecule has 1 heterocycles. The zero-order chi connectivity index (χ0) is 13.8. The van der Waals surface area contributed by atoms with Gasteiger partial charge in [-0.1, -0.05) is 30.9 Å². The molecule has 1 aromatic heterocycles. The van der Waals surface area contributed by atoms with E-state index in [1.165, 1.54) is 32.1 Å². The van der Waals surface area contributed by atoms with Crippen LogP contribution < -0.4 is 0 Å². The highest BCUT2D eigenvalue weighted by Gasteiger charge is 2.19. The molecule has 0 aromatic carbocycles. The fourth-order valence-corrected chi connectivity index (χ4v) is 3.06. The van der Waals surface area contributed by atoms with Crippen LogP contribution in [-0.4, -0.2) is 29.4 Å². The Morgan fingerprint density at radius 1 is 1.37 bits per heavy atom. The summed E-state index contributed by atoms with van der Waals surface area (Å²) in [5.41, 5.74) is 1.41. The van der Waals surface area contributed by atoms with Gasteiger partial charge in [-0.05, 0) is 37.8 Å². The van der Waals surface area contributed by atoms with Crippen molar-refractivity contribution in [3.8, 4) is 0 Å². The zero-order valence-corrected chi connectivity index (χ0v) is 12.4. The van der Waals surface area contributed by atoms with E-state index in [1.807, 2.05) is 18.9 Å². The second-order valence-electron chi connectivity index (χ2n) is 5.51. The lowest BCUT2D eigenvalue weighted by Crippen LogP contribution is -2.32. The highest BCUT2D eigenvalue weighted by atomic mass is 35.5. The van der Waals surface area contributed by atoms with Crippen molar-refractivity contribution in [3.63, 3.8) is 0 Å². The lowest BCUT2D eigenvalue weighted by atomic mass is 9.89. The third-order valence-electron chi connectivity index (χ3n) is 3.77. The van der Waals surface area contributed by atoms with Crippen LogP contribution in [0.25, 0.3) is 0 Å². The van der Waals surface area contributed by atoms with E-state index in [1.54, 1.807) is 12.1 Å². The van der Waals surface area contributed by atoms with Crippen LogP contribution in [-0.2, 0) is 0 Å². The summed E-state index contributed by atoms with van der Waals surface area (Å²) >= 11 is 5.91. The topological polar surface area (TPSA) is 33.2 Å². The normalized spacial score (nSPS) is 16.4. The summed E-state index contributed by atoms with van der Waals surface area (Å²) in [5, 5.41) is 0.384. The van der Waals surface area contributed by atoms with Crippen LogP contribution in [0.5, 0.6) is 0 Å². The number of pyridine rings is 1. The molecule has 0 bridgehead atoms. The van der Waals surface area contributed by atoms with Crippen molar-refractivity contribution >= 4 is 17.5 Å². The van der Waals surface area contributed by atoms with Crippen molar-refractivity contribution in [1.82, 2.24) is 9.88 Å². The molecule has 4 heteroatoms. The Kier molecular flexibility index (Phi) is 4.81. The standard InChI is InChI=1S/C15H21ClN2O/c1-11-8-13(9-14(16)17-11)15(19)18(2)10-12-6-4-3-5-7-12/h8-9,12H,3-7,10H2,1-2H3. The maximum Gasteiger partial charge on any atom is 0.253 e. The van der Waals surface area contributed by atoms with E-state index < -0.39 is 0 Å². The number of aryl methyl sites for hydroxylation is 1. The van der Waals surface area contributed by atoms with Crippen LogP contribution >= 0.6 is 11.6 Å². The van der Waals surface area contributed by atoms with Gasteiger partial charge in [0.05, 0.1) is 0 Å². The minimum atomic E-state index is 0.0398. The van der Waals surface area contributed by atoms with Crippen molar-refractivity contribution in [2.45, 2.75) is 39.0 Å². The first-order valence-corrected chi connectivity index (χ1v) is 7.33. The van der Waals surface area contributed by atoms with Crippen LogP contribution in [0.15, 0.2) is 12.1 Å². The van der Waals surface area contributed by atoms with Crippen molar-refractivity contribution in [3.05, 3.63) is 28.5 Å². The minimum absolute atomic E-state index is 0.0398. The molecule has 1 aromatic rings. The third-order valence-corrected chi connectivity index (χ3v) is 3.97. The summed E-state index contributed by atoms with van der Waals surface area (Å²) in [4.78, 5) is 18.3. The highest BCUT2D eigenvalue weighted by Crippen LogP contribution is 2.24. The molecule has 0 atom stereocenters. The molecule has 0 N–H and O–H groups in total. The van der Waals surface area contributed by atoms with E-state index in [-0.39, 0.29) is 5.91 Å². The molecular formula is C15H21ClN2O. The number of carbonyl (C=O) groups excluding carboxylic acids is 1. The van der Waals surface area contributed by atoms with Gasteiger partial charge in [-0.15, -0.1) is 0 Å². The summed E-state index contributed by atoms with van der Waals surface area (Å²) in [7, 11) is 1.88. The molecule has 0 unspecified atom stereocenters. The zero-order valence-electron chi connectivity index (χ0n) is 11.7. The van der Waals surface area contributed by atoms with Gasteiger partial charge in [0.15, 0.2) is 0 Å². The van der Waals surface area contributed by atoms with E-state index in [4.69, 9.17) is 11.6 Å². The van der Waals surface area contributed by atoms with Gasteiger partial charge in [-0.25, -0.2) is 4.98 Å². The summed E-state index contributed by atoms with van der Waals surface area (Å²) in [6.07, 6.45) is 6.43. The second-order valence-corrected chi connectivity index (χ2v) is 5.90. The Hall–Kier alpha value is -1.09. The number of rotatable bonds is 3. The largest absolute Gasteiger partial charge is 0.341 e. The Morgan fingerprint density at radius 3 is 2.68 bits per heavy atom. The van der Waals surface area contributed by atoms with Crippen molar-refractivity contribution < 1.29 is 4.79 Å². The molecule has 0 saturated heterocycles. The predicted molar refractivity (Wildman–Crippen MR) is 77.5 cm³/mol. The summed E-state index contributed by atoms with van der Waals surface area (Å²) < 4.78 is 0. The fourth-order valence-electron chi connectivity index (χ4n) is 2.81. The Morgan fingerprint density at radius 2 is 2.05 bits per heavy atom. The van der Waals surface area contributed by atoms with Crippen molar-refractivity contribution in [2.24, 2.45) is 5.92 Å². The number of hydrogen-bond donors (Lipinski definition) is 0. The highest BCUT2D eigenvalue weighted by molar-refractivity contribution is 6.29. The number of halogens is 1. The molecule has 0 spiro atoms. The monoisotopic (exact) mass is 280 g/mol. The number of carbonyl (C=O) groups is 1. The third kappa shape index (κ3) is 3.93. The Balaban J connectivity index is 2.01. The van der Waals surface area contributed by atoms with Gasteiger partial charge in [0.25, 0.3) is 5.91 Å². The van der Waals surface area contributed by atoms with Crippen molar-refractivity contribution in [1.29, 1.82) is 0 Å². The van der Waals surface area contributed by atoms with Gasteiger partial charge >= 0.3 is 0 Å². The van der Waals surface area contributed by atoms with E-state index in [0.717, 1.165) is 12.2 Å². The molecule has 2 rings (SSSR count). The fraction of sp³-hybridized carbons (Fsp3) is 0.600. The quantitative estimate of drug-likeness (QED) is 0.791. The molecule has 1 saturated carbocycles. The molecule has 1 fully saturated rings. The van der Waals surface area contributed by atoms with Crippen LogP contribution in [0.1, 0.15) is 48.2 Å². The summed E-state index contributed by atoms with van der Waals surface area (Å²) in [6.45, 7) is 2.70. The van der Waals surface area contributed by atoms with E-state index in [9.17, 15) is 4.79 Å². The first kappa shape index (κ1) is 14.3. The summed E-state index contributed by atoms with van der Waals surface area (Å²) in [5.74, 6) is 0.694. The molecule has 0 radical (unpaired) electrons. The number of aromatic nitrogens is 1. The number of nitrogens with zero attached hydrogens (tertiary/aromatic N) is 2. The minimum Gasteiger partial charge on any atom is -0.341 e. The van der Waals surface area contributed by atoms with E-state index in [0.29, 0.717) is 16.6 Å². The number of hydrogen-bond acceptors (Lipinski definition) is 2. The van der Waals surface area contributed by atoms with Crippen LogP contribution in [0.3, 0.4) is 0 Å². The SMILES string of the molecule is Cc1cc(C(=O)N(C)CC2CCCCC2)cc(Cl)n1. The Bertz CT molecular complexity index is 435. The maximum absolute atomic E-state index is 12.4. The smallest absolute Gasteiger partial charge is 0.253 e. The molecule has 1 aliphatic rings. The lowest BCUT2D eigenvalue weighted by Gasteiger charge is -2.27. The first-order valence-electron chi connectivity index (χ1n) is 6.96. The van der Waals surface area contributed by atoms with Gasteiger partial charge in [-0.2, -0.15) is 0 Å². The molecule has 104 valence electrons. The van der Waals surface area contributed by atoms with Crippen LogP contribution in [0, 0.1) is 12.8 Å². The summed E-state index contributed by atoms with van der Waals surface area (Å²) in [6, 6.07) is 3.44. The van der Waals surface area contributed by atoms with Crippen LogP contribution in [0.4, 0.5) is 0 Å². The molecule has 1 aliphatic carbocycles. The Labute approximate surface area is 120 Å². The molecule has 19 heavy (non-hydrogen) atoms. The number of amides is 1. The van der Waals surface area contributed by atoms with Gasteiger partial charge in [0, 0.05) is 24.8 Å². The van der Waals surface area contributed by atoms with Gasteiger partial charge in [-0.3, -0.25) is 4.79 Å². The maximum atomic E-state index is 12.4. The molecule has 1 amide bonds. The average molecular weight is 281 g/mol.